The number of carbonyl (C=O) groups excluding carboxylic acids is 1. The third kappa shape index (κ3) is 5.22. The van der Waals surface area contributed by atoms with Crippen molar-refractivity contribution in [3.8, 4) is 5.75 Å². The molecule has 0 spiro atoms. The van der Waals surface area contributed by atoms with Gasteiger partial charge in [0.2, 0.25) is 0 Å². The third-order valence-corrected chi connectivity index (χ3v) is 5.91. The van der Waals surface area contributed by atoms with Crippen molar-refractivity contribution in [1.29, 1.82) is 0 Å². The van der Waals surface area contributed by atoms with E-state index in [1.54, 1.807) is 18.3 Å². The number of hydrogen-bond donors (Lipinski definition) is 1. The Hall–Kier alpha value is -3.67. The van der Waals surface area contributed by atoms with Crippen molar-refractivity contribution in [3.63, 3.8) is 0 Å². The summed E-state index contributed by atoms with van der Waals surface area (Å²) in [7, 11) is 0. The lowest BCUT2D eigenvalue weighted by Crippen LogP contribution is -2.29. The van der Waals surface area contributed by atoms with Gasteiger partial charge in [0.25, 0.3) is 5.91 Å². The number of hydrogen-bond acceptors (Lipinski definition) is 4. The summed E-state index contributed by atoms with van der Waals surface area (Å²) in [5.41, 5.74) is 4.83. The summed E-state index contributed by atoms with van der Waals surface area (Å²) in [6, 6.07) is 19.3. The van der Waals surface area contributed by atoms with Gasteiger partial charge in [0.15, 0.2) is 0 Å². The monoisotopic (exact) mass is 442 g/mol. The van der Waals surface area contributed by atoms with Crippen LogP contribution in [0.5, 0.6) is 5.75 Å². The fourth-order valence-electron chi connectivity index (χ4n) is 3.93. The maximum Gasteiger partial charge on any atom is 0.270 e. The molecule has 2 aromatic heterocycles. The number of amides is 1. The molecule has 1 N–H and O–H groups in total. The molecule has 170 valence electrons. The second kappa shape index (κ2) is 10.3. The Kier molecular flexibility index (Phi) is 7.03. The molecule has 2 aromatic carbocycles. The van der Waals surface area contributed by atoms with E-state index in [9.17, 15) is 4.79 Å². The van der Waals surface area contributed by atoms with E-state index in [0.717, 1.165) is 42.0 Å². The minimum absolute atomic E-state index is 0.205. The summed E-state index contributed by atoms with van der Waals surface area (Å²) in [4.78, 5) is 21.6. The van der Waals surface area contributed by atoms with Gasteiger partial charge in [-0.1, -0.05) is 30.3 Å². The minimum atomic E-state index is -0.252. The molecule has 4 rings (SSSR count). The zero-order valence-corrected chi connectivity index (χ0v) is 19.4. The van der Waals surface area contributed by atoms with E-state index in [-0.39, 0.29) is 11.9 Å². The highest BCUT2D eigenvalue weighted by molar-refractivity contribution is 5.92. The van der Waals surface area contributed by atoms with Crippen LogP contribution in [0.3, 0.4) is 0 Å². The standard InChI is InChI=1S/C27H30N4O2/c1-19-11-10-15-25(20(19)2)33-18-9-8-17-31-24-14-5-4-12-22(24)30-26(31)21(3)29-27(32)23-13-6-7-16-28-23/h4-7,10-16,21H,8-9,17-18H2,1-3H3,(H,29,32). The molecule has 0 bridgehead atoms. The van der Waals surface area contributed by atoms with E-state index < -0.39 is 0 Å². The Labute approximate surface area is 194 Å². The number of benzene rings is 2. The lowest BCUT2D eigenvalue weighted by molar-refractivity contribution is 0.0932. The fourth-order valence-corrected chi connectivity index (χ4v) is 3.93. The Balaban J connectivity index is 1.42. The van der Waals surface area contributed by atoms with Crippen LogP contribution in [0.2, 0.25) is 0 Å². The second-order valence-electron chi connectivity index (χ2n) is 8.27. The summed E-state index contributed by atoms with van der Waals surface area (Å²) in [5, 5.41) is 3.04. The quantitative estimate of drug-likeness (QED) is 0.353. The van der Waals surface area contributed by atoms with Gasteiger partial charge >= 0.3 is 0 Å². The maximum absolute atomic E-state index is 12.6. The first-order chi connectivity index (χ1) is 16.0. The van der Waals surface area contributed by atoms with Crippen molar-refractivity contribution < 1.29 is 9.53 Å². The highest BCUT2D eigenvalue weighted by Gasteiger charge is 2.19. The van der Waals surface area contributed by atoms with Crippen molar-refractivity contribution >= 4 is 16.9 Å². The van der Waals surface area contributed by atoms with Crippen LogP contribution in [0.25, 0.3) is 11.0 Å². The van der Waals surface area contributed by atoms with Gasteiger partial charge in [0.05, 0.1) is 23.7 Å². The molecule has 0 aliphatic heterocycles. The molecular weight excluding hydrogens is 412 g/mol. The van der Waals surface area contributed by atoms with Crippen molar-refractivity contribution in [2.45, 2.75) is 46.2 Å². The molecule has 0 saturated carbocycles. The lowest BCUT2D eigenvalue weighted by Gasteiger charge is -2.16. The summed E-state index contributed by atoms with van der Waals surface area (Å²) in [6.45, 7) is 7.62. The summed E-state index contributed by atoms with van der Waals surface area (Å²) >= 11 is 0. The van der Waals surface area contributed by atoms with E-state index in [0.29, 0.717) is 12.3 Å². The highest BCUT2D eigenvalue weighted by Crippen LogP contribution is 2.23. The van der Waals surface area contributed by atoms with Crippen LogP contribution in [0.4, 0.5) is 0 Å². The predicted octanol–water partition coefficient (Wildman–Crippen LogP) is 5.40. The average Bonchev–Trinajstić information content (AvgIpc) is 3.21. The van der Waals surface area contributed by atoms with Gasteiger partial charge in [-0.2, -0.15) is 0 Å². The number of unbranched alkanes of at least 4 members (excludes halogenated alkanes) is 1. The van der Waals surface area contributed by atoms with Gasteiger partial charge in [-0.05, 0) is 75.1 Å². The molecular formula is C27H30N4O2. The Morgan fingerprint density at radius 3 is 2.67 bits per heavy atom. The fraction of sp³-hybridized carbons (Fsp3) is 0.296. The van der Waals surface area contributed by atoms with Crippen LogP contribution in [0.1, 0.15) is 53.2 Å². The van der Waals surface area contributed by atoms with Gasteiger partial charge < -0.3 is 14.6 Å². The van der Waals surface area contributed by atoms with E-state index in [4.69, 9.17) is 9.72 Å². The highest BCUT2D eigenvalue weighted by atomic mass is 16.5. The lowest BCUT2D eigenvalue weighted by atomic mass is 10.1. The second-order valence-corrected chi connectivity index (χ2v) is 8.27. The molecule has 0 fully saturated rings. The Bertz CT molecular complexity index is 1230. The largest absolute Gasteiger partial charge is 0.493 e. The normalized spacial score (nSPS) is 12.0. The molecule has 6 heteroatoms. The Morgan fingerprint density at radius 1 is 1.03 bits per heavy atom. The molecule has 6 nitrogen and oxygen atoms in total. The molecule has 0 aliphatic carbocycles. The molecule has 1 unspecified atom stereocenters. The number of ether oxygens (including phenoxy) is 1. The van der Waals surface area contributed by atoms with E-state index >= 15 is 0 Å². The van der Waals surface area contributed by atoms with Gasteiger partial charge in [-0.15, -0.1) is 0 Å². The number of imidazole rings is 1. The van der Waals surface area contributed by atoms with Crippen LogP contribution >= 0.6 is 0 Å². The van der Waals surface area contributed by atoms with Crippen molar-refractivity contribution in [3.05, 3.63) is 89.5 Å². The van der Waals surface area contributed by atoms with Gasteiger partial charge in [0.1, 0.15) is 17.3 Å². The third-order valence-electron chi connectivity index (χ3n) is 5.91. The topological polar surface area (TPSA) is 69.0 Å². The predicted molar refractivity (Wildman–Crippen MR) is 130 cm³/mol. The molecule has 1 atom stereocenters. The molecule has 0 saturated heterocycles. The van der Waals surface area contributed by atoms with Gasteiger partial charge in [0, 0.05) is 12.7 Å². The first kappa shape index (κ1) is 22.5. The number of aromatic nitrogens is 3. The van der Waals surface area contributed by atoms with Crippen LogP contribution in [-0.2, 0) is 6.54 Å². The number of rotatable bonds is 9. The number of aryl methyl sites for hydroxylation is 2. The van der Waals surface area contributed by atoms with Gasteiger partial charge in [-0.25, -0.2) is 4.98 Å². The van der Waals surface area contributed by atoms with Crippen molar-refractivity contribution in [2.75, 3.05) is 6.61 Å². The molecule has 33 heavy (non-hydrogen) atoms. The number of nitrogens with zero attached hydrogens (tertiary/aromatic N) is 3. The number of pyridine rings is 1. The SMILES string of the molecule is Cc1cccc(OCCCCn2c(C(C)NC(=O)c3ccccn3)nc3ccccc32)c1C. The smallest absolute Gasteiger partial charge is 0.270 e. The summed E-state index contributed by atoms with van der Waals surface area (Å²) in [5.74, 6) is 1.59. The maximum atomic E-state index is 12.6. The van der Waals surface area contributed by atoms with E-state index in [1.165, 1.54) is 11.1 Å². The number of fused-ring (bicyclic) bond motifs is 1. The number of para-hydroxylation sites is 2. The van der Waals surface area contributed by atoms with Gasteiger partial charge in [-0.3, -0.25) is 9.78 Å². The zero-order valence-electron chi connectivity index (χ0n) is 19.4. The van der Waals surface area contributed by atoms with Crippen LogP contribution in [0, 0.1) is 13.8 Å². The molecule has 4 aromatic rings. The number of carbonyl (C=O) groups is 1. The van der Waals surface area contributed by atoms with Crippen molar-refractivity contribution in [2.24, 2.45) is 0 Å². The van der Waals surface area contributed by atoms with Crippen LogP contribution < -0.4 is 10.1 Å². The van der Waals surface area contributed by atoms with Crippen LogP contribution in [-0.4, -0.2) is 27.0 Å². The van der Waals surface area contributed by atoms with E-state index in [2.05, 4.69) is 40.8 Å². The van der Waals surface area contributed by atoms with E-state index in [1.807, 2.05) is 43.3 Å². The average molecular weight is 443 g/mol. The Morgan fingerprint density at radius 2 is 1.85 bits per heavy atom. The zero-order chi connectivity index (χ0) is 23.2. The molecule has 2 heterocycles. The minimum Gasteiger partial charge on any atom is -0.493 e. The molecule has 0 aliphatic rings. The van der Waals surface area contributed by atoms with Crippen LogP contribution in [0.15, 0.2) is 66.9 Å². The van der Waals surface area contributed by atoms with Crippen molar-refractivity contribution in [1.82, 2.24) is 19.9 Å². The molecule has 0 radical (unpaired) electrons. The summed E-state index contributed by atoms with van der Waals surface area (Å²) in [6.07, 6.45) is 3.49. The first-order valence-electron chi connectivity index (χ1n) is 11.4. The first-order valence-corrected chi connectivity index (χ1v) is 11.4. The summed E-state index contributed by atoms with van der Waals surface area (Å²) < 4.78 is 8.22. The number of nitrogens with one attached hydrogen (secondary N) is 1. The molecule has 1 amide bonds.